The number of benzene rings is 2. The molecule has 0 saturated heterocycles. The Labute approximate surface area is 166 Å². The van der Waals surface area contributed by atoms with Crippen LogP contribution in [0.3, 0.4) is 0 Å². The van der Waals surface area contributed by atoms with Gasteiger partial charge in [-0.05, 0) is 49.6 Å². The van der Waals surface area contributed by atoms with Gasteiger partial charge in [0, 0.05) is 5.57 Å². The normalized spacial score (nSPS) is 12.3. The van der Waals surface area contributed by atoms with Crippen molar-refractivity contribution in [2.75, 3.05) is 20.3 Å². The first-order valence-corrected chi connectivity index (χ1v) is 9.13. The first-order chi connectivity index (χ1) is 13.2. The summed E-state index contributed by atoms with van der Waals surface area (Å²) in [4.78, 5) is 11.4. The molecular formula is C23H28O5. The third-order valence-corrected chi connectivity index (χ3v) is 4.23. The fourth-order valence-electron chi connectivity index (χ4n) is 2.77. The third kappa shape index (κ3) is 5.94. The SMILES string of the molecule is C=C(C)C(=O)OCCOC(c1ccc(-c2ccc(OC)cc2)cc1)C(C)(C)O. The van der Waals surface area contributed by atoms with Gasteiger partial charge in [0.25, 0.3) is 0 Å². The van der Waals surface area contributed by atoms with Gasteiger partial charge in [-0.25, -0.2) is 4.79 Å². The van der Waals surface area contributed by atoms with E-state index >= 15 is 0 Å². The number of hydrogen-bond donors (Lipinski definition) is 1. The molecule has 0 aliphatic heterocycles. The number of methoxy groups -OCH3 is 1. The monoisotopic (exact) mass is 384 g/mol. The average Bonchev–Trinajstić information content (AvgIpc) is 2.67. The van der Waals surface area contributed by atoms with Crippen molar-refractivity contribution in [2.45, 2.75) is 32.5 Å². The van der Waals surface area contributed by atoms with E-state index in [0.29, 0.717) is 5.57 Å². The molecular weight excluding hydrogens is 356 g/mol. The molecule has 0 bridgehead atoms. The minimum Gasteiger partial charge on any atom is -0.497 e. The lowest BCUT2D eigenvalue weighted by atomic mass is 9.93. The standard InChI is InChI=1S/C23H28O5/c1-16(2)22(24)28-15-14-27-21(23(3,4)25)19-8-6-17(7-9-19)18-10-12-20(26-5)13-11-18/h6-13,21,25H,1,14-15H2,2-5H3. The van der Waals surface area contributed by atoms with Crippen LogP contribution in [0.15, 0.2) is 60.7 Å². The highest BCUT2D eigenvalue weighted by Gasteiger charge is 2.29. The molecule has 5 nitrogen and oxygen atoms in total. The molecule has 0 radical (unpaired) electrons. The number of esters is 1. The van der Waals surface area contributed by atoms with Crippen LogP contribution < -0.4 is 4.74 Å². The van der Waals surface area contributed by atoms with Gasteiger partial charge in [0.15, 0.2) is 0 Å². The average molecular weight is 384 g/mol. The van der Waals surface area contributed by atoms with Crippen molar-refractivity contribution in [1.82, 2.24) is 0 Å². The predicted molar refractivity (Wildman–Crippen MR) is 109 cm³/mol. The summed E-state index contributed by atoms with van der Waals surface area (Å²) in [5.41, 5.74) is 2.21. The van der Waals surface area contributed by atoms with Crippen molar-refractivity contribution in [3.63, 3.8) is 0 Å². The van der Waals surface area contributed by atoms with E-state index in [4.69, 9.17) is 14.2 Å². The summed E-state index contributed by atoms with van der Waals surface area (Å²) in [6.07, 6.45) is -0.555. The van der Waals surface area contributed by atoms with Crippen molar-refractivity contribution < 1.29 is 24.1 Å². The van der Waals surface area contributed by atoms with E-state index < -0.39 is 17.7 Å². The van der Waals surface area contributed by atoms with Gasteiger partial charge in [0.2, 0.25) is 0 Å². The van der Waals surface area contributed by atoms with Crippen LogP contribution in [0.25, 0.3) is 11.1 Å². The largest absolute Gasteiger partial charge is 0.497 e. The summed E-state index contributed by atoms with van der Waals surface area (Å²) >= 11 is 0. The van der Waals surface area contributed by atoms with Gasteiger partial charge in [-0.1, -0.05) is 43.0 Å². The van der Waals surface area contributed by atoms with Gasteiger partial charge in [-0.2, -0.15) is 0 Å². The number of ether oxygens (including phenoxy) is 3. The third-order valence-electron chi connectivity index (χ3n) is 4.23. The van der Waals surface area contributed by atoms with Crippen molar-refractivity contribution in [1.29, 1.82) is 0 Å². The van der Waals surface area contributed by atoms with Gasteiger partial charge in [0.05, 0.1) is 19.3 Å². The minimum atomic E-state index is -1.10. The van der Waals surface area contributed by atoms with Gasteiger partial charge in [-0.3, -0.25) is 0 Å². The molecule has 150 valence electrons. The lowest BCUT2D eigenvalue weighted by Crippen LogP contribution is -2.32. The van der Waals surface area contributed by atoms with E-state index in [1.54, 1.807) is 27.9 Å². The maximum atomic E-state index is 11.4. The molecule has 1 unspecified atom stereocenters. The summed E-state index contributed by atoms with van der Waals surface area (Å²) in [5.74, 6) is 0.357. The number of aliphatic hydroxyl groups is 1. The molecule has 0 aromatic heterocycles. The second-order valence-electron chi connectivity index (χ2n) is 7.17. The van der Waals surface area contributed by atoms with Crippen molar-refractivity contribution in [3.8, 4) is 16.9 Å². The Morgan fingerprint density at radius 1 is 1.04 bits per heavy atom. The predicted octanol–water partition coefficient (Wildman–Crippen LogP) is 4.31. The quantitative estimate of drug-likeness (QED) is 0.396. The minimum absolute atomic E-state index is 0.0994. The second-order valence-corrected chi connectivity index (χ2v) is 7.17. The number of hydrogen-bond acceptors (Lipinski definition) is 5. The first kappa shape index (κ1) is 21.7. The Balaban J connectivity index is 2.07. The molecule has 0 aliphatic rings. The molecule has 28 heavy (non-hydrogen) atoms. The van der Waals surface area contributed by atoms with Crippen LogP contribution in [-0.2, 0) is 14.3 Å². The van der Waals surface area contributed by atoms with Crippen LogP contribution in [0.5, 0.6) is 5.75 Å². The van der Waals surface area contributed by atoms with Crippen molar-refractivity contribution in [2.24, 2.45) is 0 Å². The van der Waals surface area contributed by atoms with Gasteiger partial charge in [-0.15, -0.1) is 0 Å². The Morgan fingerprint density at radius 3 is 2.04 bits per heavy atom. The first-order valence-electron chi connectivity index (χ1n) is 9.13. The number of carbonyl (C=O) groups excluding carboxylic acids is 1. The smallest absolute Gasteiger partial charge is 0.333 e. The molecule has 5 heteroatoms. The van der Waals surface area contributed by atoms with Gasteiger partial charge in [0.1, 0.15) is 18.5 Å². The summed E-state index contributed by atoms with van der Waals surface area (Å²) in [6.45, 7) is 8.78. The highest BCUT2D eigenvalue weighted by Crippen LogP contribution is 2.31. The Hall–Kier alpha value is -2.63. The Bertz CT molecular complexity index is 785. The maximum Gasteiger partial charge on any atom is 0.333 e. The van der Waals surface area contributed by atoms with Crippen LogP contribution in [0.4, 0.5) is 0 Å². The van der Waals surface area contributed by atoms with E-state index in [2.05, 4.69) is 6.58 Å². The highest BCUT2D eigenvalue weighted by atomic mass is 16.6. The fourth-order valence-corrected chi connectivity index (χ4v) is 2.77. The maximum absolute atomic E-state index is 11.4. The zero-order valence-electron chi connectivity index (χ0n) is 16.9. The molecule has 0 spiro atoms. The number of rotatable bonds is 9. The molecule has 2 aromatic carbocycles. The zero-order valence-corrected chi connectivity index (χ0v) is 16.9. The van der Waals surface area contributed by atoms with Crippen molar-refractivity contribution >= 4 is 5.97 Å². The molecule has 2 rings (SSSR count). The number of carbonyl (C=O) groups is 1. The van der Waals surface area contributed by atoms with E-state index in [1.165, 1.54) is 0 Å². The van der Waals surface area contributed by atoms with E-state index in [1.807, 2.05) is 48.5 Å². The summed E-state index contributed by atoms with van der Waals surface area (Å²) in [6, 6.07) is 15.7. The van der Waals surface area contributed by atoms with E-state index in [-0.39, 0.29) is 13.2 Å². The van der Waals surface area contributed by atoms with Gasteiger partial charge < -0.3 is 19.3 Å². The summed E-state index contributed by atoms with van der Waals surface area (Å²) < 4.78 is 16.1. The lowest BCUT2D eigenvalue weighted by molar-refractivity contribution is -0.144. The van der Waals surface area contributed by atoms with E-state index in [9.17, 15) is 9.90 Å². The molecule has 0 saturated carbocycles. The van der Waals surface area contributed by atoms with Gasteiger partial charge >= 0.3 is 5.97 Å². The fraction of sp³-hybridized carbons (Fsp3) is 0.348. The van der Waals surface area contributed by atoms with E-state index in [0.717, 1.165) is 22.4 Å². The Kier molecular flexibility index (Phi) is 7.38. The lowest BCUT2D eigenvalue weighted by Gasteiger charge is -2.30. The molecule has 0 aliphatic carbocycles. The molecule has 0 heterocycles. The molecule has 2 aromatic rings. The zero-order chi connectivity index (χ0) is 20.7. The van der Waals surface area contributed by atoms with Crippen LogP contribution in [0, 0.1) is 0 Å². The summed E-state index contributed by atoms with van der Waals surface area (Å²) in [5, 5.41) is 10.5. The molecule has 0 fully saturated rings. The van der Waals surface area contributed by atoms with Crippen LogP contribution >= 0.6 is 0 Å². The summed E-state index contributed by atoms with van der Waals surface area (Å²) in [7, 11) is 1.64. The highest BCUT2D eigenvalue weighted by molar-refractivity contribution is 5.86. The molecule has 1 atom stereocenters. The molecule has 0 amide bonds. The second kappa shape index (κ2) is 9.53. The van der Waals surface area contributed by atoms with Crippen molar-refractivity contribution in [3.05, 3.63) is 66.2 Å². The van der Waals surface area contributed by atoms with Crippen LogP contribution in [-0.4, -0.2) is 37.0 Å². The van der Waals surface area contributed by atoms with Crippen LogP contribution in [0.2, 0.25) is 0 Å². The van der Waals surface area contributed by atoms with Crippen LogP contribution in [0.1, 0.15) is 32.4 Å². The topological polar surface area (TPSA) is 65.0 Å². The Morgan fingerprint density at radius 2 is 1.57 bits per heavy atom. The molecule has 1 N–H and O–H groups in total.